The Morgan fingerprint density at radius 3 is 2.62 bits per heavy atom. The predicted octanol–water partition coefficient (Wildman–Crippen LogP) is 3.64. The lowest BCUT2D eigenvalue weighted by molar-refractivity contribution is -0.151. The molecule has 4 rings (SSSR count). The van der Waals surface area contributed by atoms with Crippen LogP contribution >= 0.6 is 0 Å². The summed E-state index contributed by atoms with van der Waals surface area (Å²) < 4.78 is 12.0. The van der Waals surface area contributed by atoms with Gasteiger partial charge in [-0.2, -0.15) is 0 Å². The fraction of sp³-hybridized carbons (Fsp3) is 0.650. The summed E-state index contributed by atoms with van der Waals surface area (Å²) in [7, 11) is 0. The number of amides is 1. The Hall–Kier alpha value is -1.71. The minimum atomic E-state index is -0.530. The Kier molecular flexibility index (Phi) is 4.15. The highest BCUT2D eigenvalue weighted by Gasteiger charge is 2.43. The molecule has 0 aromatic heterocycles. The van der Waals surface area contributed by atoms with Crippen molar-refractivity contribution in [2.45, 2.75) is 64.2 Å². The number of hydrogen-bond donors (Lipinski definition) is 0. The van der Waals surface area contributed by atoms with Crippen LogP contribution < -0.4 is 9.47 Å². The van der Waals surface area contributed by atoms with Crippen LogP contribution in [0.3, 0.4) is 0 Å². The van der Waals surface area contributed by atoms with E-state index >= 15 is 0 Å². The first kappa shape index (κ1) is 15.8. The van der Waals surface area contributed by atoms with Crippen LogP contribution in [0.4, 0.5) is 0 Å². The van der Waals surface area contributed by atoms with Crippen molar-refractivity contribution in [3.63, 3.8) is 0 Å². The molecule has 2 aliphatic heterocycles. The van der Waals surface area contributed by atoms with Crippen molar-refractivity contribution in [1.29, 1.82) is 0 Å². The summed E-state index contributed by atoms with van der Waals surface area (Å²) in [6.45, 7) is 5.14. The molecule has 130 valence electrons. The number of carbonyl (C=O) groups is 1. The van der Waals surface area contributed by atoms with Gasteiger partial charge in [0.2, 0.25) is 6.10 Å². The summed E-state index contributed by atoms with van der Waals surface area (Å²) in [4.78, 5) is 15.3. The Morgan fingerprint density at radius 2 is 1.83 bits per heavy atom. The molecule has 2 heterocycles. The van der Waals surface area contributed by atoms with Crippen molar-refractivity contribution in [1.82, 2.24) is 4.90 Å². The number of piperidine rings is 1. The summed E-state index contributed by atoms with van der Waals surface area (Å²) in [6.07, 6.45) is 5.21. The number of para-hydroxylation sites is 2. The summed E-state index contributed by atoms with van der Waals surface area (Å²) in [5, 5.41) is 0. The van der Waals surface area contributed by atoms with Gasteiger partial charge < -0.3 is 14.4 Å². The number of benzene rings is 1. The van der Waals surface area contributed by atoms with Crippen molar-refractivity contribution < 1.29 is 14.3 Å². The van der Waals surface area contributed by atoms with E-state index in [1.807, 2.05) is 31.2 Å². The van der Waals surface area contributed by atoms with Crippen LogP contribution in [0.15, 0.2) is 24.3 Å². The first-order valence-corrected chi connectivity index (χ1v) is 9.36. The van der Waals surface area contributed by atoms with E-state index in [4.69, 9.17) is 9.47 Å². The van der Waals surface area contributed by atoms with Crippen LogP contribution in [0, 0.1) is 11.8 Å². The highest BCUT2D eigenvalue weighted by molar-refractivity contribution is 5.83. The largest absolute Gasteiger partial charge is 0.482 e. The molecule has 0 radical (unpaired) electrons. The molecule has 1 aliphatic carbocycles. The zero-order valence-electron chi connectivity index (χ0n) is 14.6. The molecule has 0 unspecified atom stereocenters. The van der Waals surface area contributed by atoms with Crippen LogP contribution in [0.2, 0.25) is 0 Å². The van der Waals surface area contributed by atoms with Crippen LogP contribution in [0.5, 0.6) is 11.5 Å². The second-order valence-electron chi connectivity index (χ2n) is 7.73. The molecule has 4 heteroatoms. The normalized spacial score (nSPS) is 35.2. The van der Waals surface area contributed by atoms with Crippen LogP contribution in [0.25, 0.3) is 0 Å². The minimum absolute atomic E-state index is 0.112. The maximum Gasteiger partial charge on any atom is 0.267 e. The third kappa shape index (κ3) is 2.76. The molecule has 3 aliphatic rings. The molecule has 1 saturated carbocycles. The number of likely N-dealkylation sites (tertiary alicyclic amines) is 1. The molecule has 1 aromatic carbocycles. The van der Waals surface area contributed by atoms with Crippen molar-refractivity contribution in [2.75, 3.05) is 6.54 Å². The number of nitrogens with zero attached hydrogens (tertiary/aromatic N) is 1. The van der Waals surface area contributed by atoms with Gasteiger partial charge in [-0.15, -0.1) is 0 Å². The Morgan fingerprint density at radius 1 is 1.08 bits per heavy atom. The van der Waals surface area contributed by atoms with E-state index in [0.29, 0.717) is 17.7 Å². The Bertz CT molecular complexity index is 617. The van der Waals surface area contributed by atoms with Crippen LogP contribution in [-0.2, 0) is 4.79 Å². The topological polar surface area (TPSA) is 38.8 Å². The summed E-state index contributed by atoms with van der Waals surface area (Å²) >= 11 is 0. The van der Waals surface area contributed by atoms with Gasteiger partial charge in [0.15, 0.2) is 11.5 Å². The van der Waals surface area contributed by atoms with E-state index in [2.05, 4.69) is 11.8 Å². The van der Waals surface area contributed by atoms with Gasteiger partial charge in [0.25, 0.3) is 5.91 Å². The first-order valence-electron chi connectivity index (χ1n) is 9.36. The fourth-order valence-corrected chi connectivity index (χ4v) is 4.72. The van der Waals surface area contributed by atoms with Gasteiger partial charge in [0.1, 0.15) is 6.10 Å². The average Bonchev–Trinajstić information content (AvgIpc) is 2.59. The van der Waals surface area contributed by atoms with Crippen molar-refractivity contribution >= 4 is 5.91 Å². The number of rotatable bonds is 1. The van der Waals surface area contributed by atoms with Crippen molar-refractivity contribution in [3.05, 3.63) is 24.3 Å². The van der Waals surface area contributed by atoms with Crippen molar-refractivity contribution in [3.8, 4) is 11.5 Å². The number of ether oxygens (including phenoxy) is 2. The Labute approximate surface area is 144 Å². The lowest BCUT2D eigenvalue weighted by atomic mass is 9.74. The van der Waals surface area contributed by atoms with E-state index < -0.39 is 6.10 Å². The van der Waals surface area contributed by atoms with E-state index in [-0.39, 0.29) is 12.0 Å². The predicted molar refractivity (Wildman–Crippen MR) is 92.2 cm³/mol. The van der Waals surface area contributed by atoms with E-state index in [0.717, 1.165) is 31.1 Å². The summed E-state index contributed by atoms with van der Waals surface area (Å²) in [5.74, 6) is 2.98. The summed E-state index contributed by atoms with van der Waals surface area (Å²) in [6, 6.07) is 8.01. The number of carbonyl (C=O) groups excluding carboxylic acids is 1. The molecule has 0 bridgehead atoms. The second kappa shape index (κ2) is 6.30. The molecule has 1 saturated heterocycles. The van der Waals surface area contributed by atoms with Crippen LogP contribution in [-0.4, -0.2) is 35.6 Å². The standard InChI is InChI=1S/C20H27NO3/c1-13-9-10-16-15(12-13)6-5-11-21(16)20(22)19-14(2)23-17-7-3-4-8-18(17)24-19/h3-4,7-8,13-16,19H,5-6,9-12H2,1-2H3/t13-,14-,15-,16-,19+/m1/s1. The van der Waals surface area contributed by atoms with Gasteiger partial charge >= 0.3 is 0 Å². The molecule has 4 nitrogen and oxygen atoms in total. The highest BCUT2D eigenvalue weighted by atomic mass is 16.6. The average molecular weight is 329 g/mol. The lowest BCUT2D eigenvalue weighted by Crippen LogP contribution is -2.57. The molecule has 1 aromatic rings. The SMILES string of the molecule is C[C@@H]1CC[C@@H]2[C@H](CCCN2C(=O)[C@H]2Oc3ccccc3O[C@@H]2C)C1. The molecule has 2 fully saturated rings. The van der Waals surface area contributed by atoms with Crippen molar-refractivity contribution in [2.24, 2.45) is 11.8 Å². The van der Waals surface area contributed by atoms with E-state index in [9.17, 15) is 4.79 Å². The maximum absolute atomic E-state index is 13.2. The van der Waals surface area contributed by atoms with Gasteiger partial charge in [-0.25, -0.2) is 0 Å². The van der Waals surface area contributed by atoms with Gasteiger partial charge in [0.05, 0.1) is 0 Å². The molecule has 1 amide bonds. The third-order valence-corrected chi connectivity index (χ3v) is 5.95. The number of hydrogen-bond acceptors (Lipinski definition) is 3. The quantitative estimate of drug-likeness (QED) is 0.789. The minimum Gasteiger partial charge on any atom is -0.482 e. The Balaban J connectivity index is 1.53. The van der Waals surface area contributed by atoms with E-state index in [1.165, 1.54) is 19.3 Å². The maximum atomic E-state index is 13.2. The molecule has 5 atom stereocenters. The lowest BCUT2D eigenvalue weighted by Gasteiger charge is -2.47. The summed E-state index contributed by atoms with van der Waals surface area (Å²) in [5.41, 5.74) is 0. The van der Waals surface area contributed by atoms with Gasteiger partial charge in [0, 0.05) is 12.6 Å². The smallest absolute Gasteiger partial charge is 0.267 e. The van der Waals surface area contributed by atoms with Crippen LogP contribution in [0.1, 0.15) is 46.0 Å². The second-order valence-corrected chi connectivity index (χ2v) is 7.73. The zero-order valence-corrected chi connectivity index (χ0v) is 14.6. The van der Waals surface area contributed by atoms with E-state index in [1.54, 1.807) is 0 Å². The van der Waals surface area contributed by atoms with Gasteiger partial charge in [-0.3, -0.25) is 4.79 Å². The molecular formula is C20H27NO3. The van der Waals surface area contributed by atoms with Gasteiger partial charge in [-0.05, 0) is 63.0 Å². The monoisotopic (exact) mass is 329 g/mol. The van der Waals surface area contributed by atoms with Gasteiger partial charge in [-0.1, -0.05) is 19.1 Å². The number of fused-ring (bicyclic) bond motifs is 2. The molecule has 24 heavy (non-hydrogen) atoms. The molecule has 0 spiro atoms. The third-order valence-electron chi connectivity index (χ3n) is 5.95. The molecule has 0 N–H and O–H groups in total. The fourth-order valence-electron chi connectivity index (χ4n) is 4.72. The first-order chi connectivity index (χ1) is 11.6. The molecular weight excluding hydrogens is 302 g/mol. The zero-order chi connectivity index (χ0) is 16.7. The highest BCUT2D eigenvalue weighted by Crippen LogP contribution is 2.39.